The summed E-state index contributed by atoms with van der Waals surface area (Å²) in [5, 5.41) is 19.6. The van der Waals surface area contributed by atoms with E-state index in [1.807, 2.05) is 0 Å². The van der Waals surface area contributed by atoms with Crippen molar-refractivity contribution in [2.75, 3.05) is 0 Å². The molecule has 1 amide bonds. The van der Waals surface area contributed by atoms with Gasteiger partial charge in [0.25, 0.3) is 0 Å². The molecular weight excluding hydrogens is 228 g/mol. The van der Waals surface area contributed by atoms with Crippen molar-refractivity contribution in [3.63, 3.8) is 0 Å². The number of carboxylic acid groups (broad SMARTS) is 2. The van der Waals surface area contributed by atoms with Gasteiger partial charge in [-0.15, -0.1) is 0 Å². The summed E-state index contributed by atoms with van der Waals surface area (Å²) < 4.78 is 0. The fourth-order valence-corrected chi connectivity index (χ4v) is 1.18. The van der Waals surface area contributed by atoms with E-state index in [9.17, 15) is 14.4 Å². The van der Waals surface area contributed by atoms with Gasteiger partial charge >= 0.3 is 11.9 Å². The highest BCUT2D eigenvalue weighted by molar-refractivity contribution is 5.89. The van der Waals surface area contributed by atoms with Gasteiger partial charge in [-0.05, 0) is 5.41 Å². The van der Waals surface area contributed by atoms with Crippen LogP contribution >= 0.6 is 0 Å². The minimum Gasteiger partial charge on any atom is -0.481 e. The van der Waals surface area contributed by atoms with Crippen molar-refractivity contribution in [3.8, 4) is 0 Å². The molecule has 5 N–H and O–H groups in total. The number of rotatable bonds is 5. The van der Waals surface area contributed by atoms with Crippen LogP contribution < -0.4 is 11.1 Å². The Morgan fingerprint density at radius 3 is 2.00 bits per heavy atom. The summed E-state index contributed by atoms with van der Waals surface area (Å²) in [5.74, 6) is -3.18. The molecule has 2 atom stereocenters. The van der Waals surface area contributed by atoms with Crippen LogP contribution in [0.4, 0.5) is 0 Å². The van der Waals surface area contributed by atoms with E-state index in [1.54, 1.807) is 20.8 Å². The van der Waals surface area contributed by atoms with E-state index in [1.165, 1.54) is 0 Å². The van der Waals surface area contributed by atoms with Crippen LogP contribution in [0.5, 0.6) is 0 Å². The first-order chi connectivity index (χ1) is 7.55. The van der Waals surface area contributed by atoms with Gasteiger partial charge in [-0.25, -0.2) is 4.79 Å². The zero-order valence-corrected chi connectivity index (χ0v) is 10.1. The number of amides is 1. The smallest absolute Gasteiger partial charge is 0.326 e. The minimum absolute atomic E-state index is 0.539. The molecule has 0 aliphatic rings. The Bertz CT molecular complexity index is 321. The van der Waals surface area contributed by atoms with E-state index in [-0.39, 0.29) is 0 Å². The molecule has 0 aliphatic heterocycles. The number of carbonyl (C=O) groups excluding carboxylic acids is 1. The Balaban J connectivity index is 4.63. The summed E-state index contributed by atoms with van der Waals surface area (Å²) in [4.78, 5) is 32.8. The third kappa shape index (κ3) is 5.30. The maximum absolute atomic E-state index is 11.5. The van der Waals surface area contributed by atoms with Crippen molar-refractivity contribution in [1.29, 1.82) is 0 Å². The van der Waals surface area contributed by atoms with E-state index in [2.05, 4.69) is 5.32 Å². The molecule has 0 spiro atoms. The molecular formula is C10H18N2O5. The normalized spacial score (nSPS) is 14.8. The second-order valence-electron chi connectivity index (χ2n) is 4.85. The Labute approximate surface area is 99.0 Å². The lowest BCUT2D eigenvalue weighted by atomic mass is 9.86. The van der Waals surface area contributed by atoms with Crippen molar-refractivity contribution in [2.24, 2.45) is 11.1 Å². The van der Waals surface area contributed by atoms with Crippen LogP contribution in [0, 0.1) is 5.41 Å². The summed E-state index contributed by atoms with van der Waals surface area (Å²) in [6.45, 7) is 4.94. The Morgan fingerprint density at radius 2 is 1.71 bits per heavy atom. The van der Waals surface area contributed by atoms with Crippen LogP contribution in [-0.4, -0.2) is 40.1 Å². The first-order valence-electron chi connectivity index (χ1n) is 5.06. The molecule has 0 rings (SSSR count). The number of nitrogens with two attached hydrogens (primary N) is 1. The summed E-state index contributed by atoms with van der Waals surface area (Å²) in [6, 6.07) is -2.37. The molecule has 0 radical (unpaired) electrons. The number of hydrogen-bond donors (Lipinski definition) is 4. The van der Waals surface area contributed by atoms with E-state index >= 15 is 0 Å². The Kier molecular flexibility index (Phi) is 5.09. The summed E-state index contributed by atoms with van der Waals surface area (Å²) >= 11 is 0. The van der Waals surface area contributed by atoms with E-state index in [4.69, 9.17) is 15.9 Å². The number of carbonyl (C=O) groups is 3. The van der Waals surface area contributed by atoms with Crippen molar-refractivity contribution in [2.45, 2.75) is 39.3 Å². The van der Waals surface area contributed by atoms with Gasteiger partial charge in [-0.2, -0.15) is 0 Å². The SMILES string of the molecule is CC(C)(C)C(NC(=O)C(N)CC(=O)O)C(=O)O. The monoisotopic (exact) mass is 246 g/mol. The maximum Gasteiger partial charge on any atom is 0.326 e. The van der Waals surface area contributed by atoms with Gasteiger partial charge in [-0.3, -0.25) is 9.59 Å². The van der Waals surface area contributed by atoms with Crippen LogP contribution in [0.2, 0.25) is 0 Å². The molecule has 0 saturated heterocycles. The molecule has 0 heterocycles. The van der Waals surface area contributed by atoms with Crippen LogP contribution in [0.3, 0.4) is 0 Å². The highest BCUT2D eigenvalue weighted by Gasteiger charge is 2.33. The highest BCUT2D eigenvalue weighted by atomic mass is 16.4. The number of aliphatic carboxylic acids is 2. The maximum atomic E-state index is 11.5. The first kappa shape index (κ1) is 15.4. The summed E-state index contributed by atoms with van der Waals surface area (Å²) in [7, 11) is 0. The Morgan fingerprint density at radius 1 is 1.24 bits per heavy atom. The van der Waals surface area contributed by atoms with Gasteiger partial charge in [0, 0.05) is 0 Å². The summed E-state index contributed by atoms with van der Waals surface area (Å²) in [5.41, 5.74) is 4.63. The lowest BCUT2D eigenvalue weighted by Crippen LogP contribution is -2.54. The molecule has 0 aromatic carbocycles. The van der Waals surface area contributed by atoms with Crippen molar-refractivity contribution < 1.29 is 24.6 Å². The average Bonchev–Trinajstić information content (AvgIpc) is 2.09. The van der Waals surface area contributed by atoms with Gasteiger partial charge in [0.05, 0.1) is 12.5 Å². The van der Waals surface area contributed by atoms with E-state index in [0.717, 1.165) is 0 Å². The first-order valence-corrected chi connectivity index (χ1v) is 5.06. The molecule has 0 aliphatic carbocycles. The van der Waals surface area contributed by atoms with Gasteiger partial charge < -0.3 is 21.3 Å². The highest BCUT2D eigenvalue weighted by Crippen LogP contribution is 2.19. The summed E-state index contributed by atoms with van der Waals surface area (Å²) in [6.07, 6.45) is -0.539. The molecule has 0 aromatic heterocycles. The lowest BCUT2D eigenvalue weighted by molar-refractivity contribution is -0.145. The van der Waals surface area contributed by atoms with Crippen LogP contribution in [-0.2, 0) is 14.4 Å². The number of carboxylic acids is 2. The van der Waals surface area contributed by atoms with E-state index < -0.39 is 41.8 Å². The standard InChI is InChI=1S/C10H18N2O5/c1-10(2,3)7(9(16)17)12-8(15)5(11)4-6(13)14/h5,7H,4,11H2,1-3H3,(H,12,15)(H,13,14)(H,16,17). The Hall–Kier alpha value is -1.63. The number of hydrogen-bond acceptors (Lipinski definition) is 4. The molecule has 0 bridgehead atoms. The van der Waals surface area contributed by atoms with Crippen LogP contribution in [0.25, 0.3) is 0 Å². The molecule has 17 heavy (non-hydrogen) atoms. The van der Waals surface area contributed by atoms with E-state index in [0.29, 0.717) is 0 Å². The third-order valence-electron chi connectivity index (χ3n) is 2.13. The molecule has 0 saturated carbocycles. The fourth-order valence-electron chi connectivity index (χ4n) is 1.18. The third-order valence-corrected chi connectivity index (χ3v) is 2.13. The number of nitrogens with one attached hydrogen (secondary N) is 1. The van der Waals surface area contributed by atoms with Crippen LogP contribution in [0.1, 0.15) is 27.2 Å². The second-order valence-corrected chi connectivity index (χ2v) is 4.85. The molecule has 7 heteroatoms. The van der Waals surface area contributed by atoms with Gasteiger partial charge in [0.2, 0.25) is 5.91 Å². The minimum atomic E-state index is -1.25. The zero-order chi connectivity index (χ0) is 13.8. The quantitative estimate of drug-likeness (QED) is 0.512. The molecule has 2 unspecified atom stereocenters. The van der Waals surface area contributed by atoms with Crippen molar-refractivity contribution >= 4 is 17.8 Å². The fraction of sp³-hybridized carbons (Fsp3) is 0.700. The molecule has 98 valence electrons. The average molecular weight is 246 g/mol. The largest absolute Gasteiger partial charge is 0.481 e. The van der Waals surface area contributed by atoms with Crippen molar-refractivity contribution in [1.82, 2.24) is 5.32 Å². The molecule has 0 fully saturated rings. The molecule has 0 aromatic rings. The van der Waals surface area contributed by atoms with Gasteiger partial charge in [-0.1, -0.05) is 20.8 Å². The molecule has 7 nitrogen and oxygen atoms in total. The second kappa shape index (κ2) is 5.62. The zero-order valence-electron chi connectivity index (χ0n) is 10.1. The van der Waals surface area contributed by atoms with Gasteiger partial charge in [0.1, 0.15) is 6.04 Å². The predicted octanol–water partition coefficient (Wildman–Crippen LogP) is -0.596. The van der Waals surface area contributed by atoms with Crippen LogP contribution in [0.15, 0.2) is 0 Å². The topological polar surface area (TPSA) is 130 Å². The van der Waals surface area contributed by atoms with Gasteiger partial charge in [0.15, 0.2) is 0 Å². The van der Waals surface area contributed by atoms with Crippen molar-refractivity contribution in [3.05, 3.63) is 0 Å². The predicted molar refractivity (Wildman–Crippen MR) is 59.2 cm³/mol. The lowest BCUT2D eigenvalue weighted by Gasteiger charge is -2.28.